The van der Waals surface area contributed by atoms with E-state index < -0.39 is 67.5 Å². The van der Waals surface area contributed by atoms with Crippen molar-refractivity contribution in [3.63, 3.8) is 0 Å². The molecule has 0 bridgehead atoms. The van der Waals surface area contributed by atoms with Gasteiger partial charge in [0.15, 0.2) is 0 Å². The second-order valence-corrected chi connectivity index (χ2v) is 14.7. The first-order valence-electron chi connectivity index (χ1n) is 14.0. The standard InChI is InChI=1S/C30H30F2N6O8S2/c1-15-14-37(5)29(44)38(26(15)40)22-7-6-16(13-33-22)10-21(27(41)42)34-25(39)17-11-19(32)20(12-18(17)31)36-48(45,46)24-9-8-23(47-24)35-28(43)30(2,3)4/h6-9,11-14,21,36H,10H2,1-5H3,(H,34,39)(H,35,43)(H,41,42)/t21-/m0/s1. The van der Waals surface area contributed by atoms with Crippen LogP contribution in [0.25, 0.3) is 5.82 Å². The Labute approximate surface area is 276 Å². The Bertz CT molecular complexity index is 2120. The van der Waals surface area contributed by atoms with E-state index in [1.165, 1.54) is 55.2 Å². The molecule has 4 N–H and O–H groups in total. The van der Waals surface area contributed by atoms with Crippen molar-refractivity contribution in [1.29, 1.82) is 0 Å². The number of rotatable bonds is 10. The molecule has 0 spiro atoms. The number of amides is 2. The number of nitrogens with one attached hydrogen (secondary N) is 3. The van der Waals surface area contributed by atoms with Crippen LogP contribution in [-0.2, 0) is 33.1 Å². The summed E-state index contributed by atoms with van der Waals surface area (Å²) in [6.45, 7) is 6.51. The molecule has 48 heavy (non-hydrogen) atoms. The summed E-state index contributed by atoms with van der Waals surface area (Å²) in [5.74, 6) is -5.89. The van der Waals surface area contributed by atoms with Crippen LogP contribution in [0.1, 0.15) is 42.3 Å². The monoisotopic (exact) mass is 704 g/mol. The molecule has 0 aliphatic rings. The Hall–Kier alpha value is -5.23. The highest BCUT2D eigenvalue weighted by molar-refractivity contribution is 7.94. The molecule has 3 aromatic heterocycles. The summed E-state index contributed by atoms with van der Waals surface area (Å²) in [5.41, 5.74) is -3.17. The fourth-order valence-corrected chi connectivity index (χ4v) is 6.45. The number of carboxylic acids is 1. The van der Waals surface area contributed by atoms with Gasteiger partial charge in [-0.05, 0) is 36.8 Å². The molecule has 1 aromatic carbocycles. The number of carbonyl (C=O) groups excluding carboxylic acids is 2. The van der Waals surface area contributed by atoms with Gasteiger partial charge in [0.25, 0.3) is 21.5 Å². The van der Waals surface area contributed by atoms with Crippen molar-refractivity contribution in [3.05, 3.63) is 98.0 Å². The molecule has 3 heterocycles. The van der Waals surface area contributed by atoms with Crippen molar-refractivity contribution in [1.82, 2.24) is 19.4 Å². The molecular formula is C30H30F2N6O8S2. The Morgan fingerprint density at radius 2 is 1.75 bits per heavy atom. The second kappa shape index (κ2) is 13.5. The third-order valence-electron chi connectivity index (χ3n) is 6.81. The third-order valence-corrected chi connectivity index (χ3v) is 9.67. The van der Waals surface area contributed by atoms with Crippen molar-refractivity contribution in [2.75, 3.05) is 10.0 Å². The first kappa shape index (κ1) is 35.6. The third kappa shape index (κ3) is 7.83. The summed E-state index contributed by atoms with van der Waals surface area (Å²) in [6.07, 6.45) is 2.20. The fourth-order valence-electron chi connectivity index (χ4n) is 4.19. The van der Waals surface area contributed by atoms with Gasteiger partial charge in [-0.1, -0.05) is 26.8 Å². The maximum Gasteiger partial charge on any atom is 0.336 e. The number of hydrogen-bond donors (Lipinski definition) is 4. The predicted molar refractivity (Wildman–Crippen MR) is 172 cm³/mol. The zero-order valence-electron chi connectivity index (χ0n) is 26.1. The van der Waals surface area contributed by atoms with E-state index in [1.807, 2.05) is 4.72 Å². The summed E-state index contributed by atoms with van der Waals surface area (Å²) in [4.78, 5) is 66.0. The molecule has 14 nitrogen and oxygen atoms in total. The molecule has 4 aromatic rings. The van der Waals surface area contributed by atoms with Crippen LogP contribution < -0.4 is 26.6 Å². The van der Waals surface area contributed by atoms with Crippen molar-refractivity contribution < 1.29 is 36.7 Å². The SMILES string of the molecule is Cc1cn(C)c(=O)n(-c2ccc(C[C@H](NC(=O)c3cc(F)c(NS(=O)(=O)c4ccc(NC(=O)C(C)(C)C)s4)cc3F)C(=O)O)cn2)c1=O. The molecule has 0 unspecified atom stereocenters. The number of benzene rings is 1. The lowest BCUT2D eigenvalue weighted by Crippen LogP contribution is -2.42. The number of thiophene rings is 1. The molecule has 18 heteroatoms. The van der Waals surface area contributed by atoms with Gasteiger partial charge in [0, 0.05) is 42.9 Å². The number of aromatic nitrogens is 3. The summed E-state index contributed by atoms with van der Waals surface area (Å²) in [7, 11) is -2.99. The molecule has 0 aliphatic heterocycles. The highest BCUT2D eigenvalue weighted by Gasteiger charge is 2.27. The van der Waals surface area contributed by atoms with Crippen LogP contribution in [0.5, 0.6) is 0 Å². The average molecular weight is 705 g/mol. The number of hydrogen-bond acceptors (Lipinski definition) is 9. The maximum absolute atomic E-state index is 15.0. The lowest BCUT2D eigenvalue weighted by molar-refractivity contribution is -0.139. The molecule has 2 amide bonds. The van der Waals surface area contributed by atoms with E-state index in [4.69, 9.17) is 0 Å². The zero-order chi connectivity index (χ0) is 35.7. The van der Waals surface area contributed by atoms with E-state index in [0.717, 1.165) is 4.57 Å². The first-order valence-corrected chi connectivity index (χ1v) is 16.3. The molecule has 1 atom stereocenters. The van der Waals surface area contributed by atoms with Gasteiger partial charge in [-0.2, -0.15) is 0 Å². The van der Waals surface area contributed by atoms with Crippen LogP contribution in [0.3, 0.4) is 0 Å². The lowest BCUT2D eigenvalue weighted by atomic mass is 9.96. The van der Waals surface area contributed by atoms with Crippen LogP contribution in [0, 0.1) is 24.0 Å². The molecule has 0 aliphatic carbocycles. The van der Waals surface area contributed by atoms with E-state index in [0.29, 0.717) is 23.5 Å². The van der Waals surface area contributed by atoms with Crippen LogP contribution in [0.2, 0.25) is 0 Å². The van der Waals surface area contributed by atoms with E-state index in [2.05, 4.69) is 15.6 Å². The smallest absolute Gasteiger partial charge is 0.336 e. The number of carboxylic acid groups (broad SMARTS) is 1. The highest BCUT2D eigenvalue weighted by Crippen LogP contribution is 2.30. The number of carbonyl (C=O) groups is 3. The van der Waals surface area contributed by atoms with Crippen molar-refractivity contribution >= 4 is 49.8 Å². The van der Waals surface area contributed by atoms with Gasteiger partial charge < -0.3 is 20.3 Å². The minimum Gasteiger partial charge on any atom is -0.480 e. The van der Waals surface area contributed by atoms with Gasteiger partial charge in [-0.25, -0.2) is 36.3 Å². The van der Waals surface area contributed by atoms with Gasteiger partial charge in [-0.15, -0.1) is 11.3 Å². The average Bonchev–Trinajstić information content (AvgIpc) is 3.47. The fraction of sp³-hybridized carbons (Fsp3) is 0.267. The number of nitrogens with zero attached hydrogens (tertiary/aromatic N) is 3. The maximum atomic E-state index is 15.0. The van der Waals surface area contributed by atoms with Crippen molar-refractivity contribution in [2.45, 2.75) is 44.4 Å². The van der Waals surface area contributed by atoms with E-state index in [9.17, 15) is 41.9 Å². The molecule has 0 fully saturated rings. The topological polar surface area (TPSA) is 199 Å². The van der Waals surface area contributed by atoms with Crippen LogP contribution >= 0.6 is 11.3 Å². The number of aliphatic carboxylic acids is 1. The quantitative estimate of drug-likeness (QED) is 0.192. The molecule has 0 saturated heterocycles. The Morgan fingerprint density at radius 3 is 2.35 bits per heavy atom. The van der Waals surface area contributed by atoms with Crippen LogP contribution in [0.15, 0.2) is 62.6 Å². The number of halogens is 2. The molecule has 0 radical (unpaired) electrons. The largest absolute Gasteiger partial charge is 0.480 e. The van der Waals surface area contributed by atoms with E-state index >= 15 is 4.39 Å². The lowest BCUT2D eigenvalue weighted by Gasteiger charge is -2.16. The summed E-state index contributed by atoms with van der Waals surface area (Å²) in [6, 6.07) is 4.41. The molecule has 254 valence electrons. The minimum atomic E-state index is -4.44. The molecule has 4 rings (SSSR count). The van der Waals surface area contributed by atoms with E-state index in [1.54, 1.807) is 20.8 Å². The minimum absolute atomic E-state index is 0.0240. The van der Waals surface area contributed by atoms with E-state index in [-0.39, 0.29) is 38.5 Å². The molecule has 0 saturated carbocycles. The van der Waals surface area contributed by atoms with Crippen molar-refractivity contribution in [3.8, 4) is 5.82 Å². The normalized spacial score (nSPS) is 12.3. The summed E-state index contributed by atoms with van der Waals surface area (Å²) < 4.78 is 59.3. The number of pyridine rings is 1. The summed E-state index contributed by atoms with van der Waals surface area (Å²) >= 11 is 0.681. The number of anilines is 2. The zero-order valence-corrected chi connectivity index (χ0v) is 27.8. The Kier molecular flexibility index (Phi) is 10.0. The van der Waals surface area contributed by atoms with Gasteiger partial charge in [0.2, 0.25) is 5.91 Å². The van der Waals surface area contributed by atoms with Gasteiger partial charge in [-0.3, -0.25) is 19.1 Å². The number of sulfonamides is 1. The Morgan fingerprint density at radius 1 is 1.06 bits per heavy atom. The predicted octanol–water partition coefficient (Wildman–Crippen LogP) is 2.79. The first-order chi connectivity index (χ1) is 22.3. The van der Waals surface area contributed by atoms with Gasteiger partial charge in [0.05, 0.1) is 16.3 Å². The summed E-state index contributed by atoms with van der Waals surface area (Å²) in [5, 5.41) is 14.6. The molecular weight excluding hydrogens is 674 g/mol. The second-order valence-electron chi connectivity index (χ2n) is 11.7. The highest BCUT2D eigenvalue weighted by atomic mass is 32.2. The van der Waals surface area contributed by atoms with Crippen LogP contribution in [-0.4, -0.2) is 51.5 Å². The Balaban J connectivity index is 1.49. The van der Waals surface area contributed by atoms with Crippen molar-refractivity contribution in [2.24, 2.45) is 12.5 Å². The van der Waals surface area contributed by atoms with Gasteiger partial charge in [0.1, 0.15) is 27.7 Å². The van der Waals surface area contributed by atoms with Crippen LogP contribution in [0.4, 0.5) is 19.5 Å². The van der Waals surface area contributed by atoms with Gasteiger partial charge >= 0.3 is 11.7 Å². The number of aryl methyl sites for hydroxylation is 2.